The fourth-order valence-electron chi connectivity index (χ4n) is 1.54. The standard InChI is InChI=1S/C12H16N2O/c13-11-4-2-1-3-9(11)5-8-12(15)14-10-6-7-10/h1-4,10H,5-8,13H2,(H,14,15). The summed E-state index contributed by atoms with van der Waals surface area (Å²) in [5, 5.41) is 2.96. The van der Waals surface area contributed by atoms with Crippen LogP contribution in [0, 0.1) is 0 Å². The molecule has 0 unspecified atom stereocenters. The third-order valence-corrected chi connectivity index (χ3v) is 2.62. The maximum absolute atomic E-state index is 11.4. The van der Waals surface area contributed by atoms with Crippen molar-refractivity contribution in [2.24, 2.45) is 0 Å². The Labute approximate surface area is 89.7 Å². The highest BCUT2D eigenvalue weighted by atomic mass is 16.1. The van der Waals surface area contributed by atoms with Crippen LogP contribution in [-0.2, 0) is 11.2 Å². The Kier molecular flexibility index (Phi) is 2.90. The molecule has 1 aromatic carbocycles. The lowest BCUT2D eigenvalue weighted by atomic mass is 10.1. The predicted molar refractivity (Wildman–Crippen MR) is 60.3 cm³/mol. The molecule has 3 heteroatoms. The molecule has 0 bridgehead atoms. The smallest absolute Gasteiger partial charge is 0.220 e. The fourth-order valence-corrected chi connectivity index (χ4v) is 1.54. The molecule has 80 valence electrons. The van der Waals surface area contributed by atoms with Crippen molar-refractivity contribution in [2.75, 3.05) is 5.73 Å². The molecule has 1 aliphatic carbocycles. The zero-order valence-corrected chi connectivity index (χ0v) is 8.70. The van der Waals surface area contributed by atoms with E-state index in [4.69, 9.17) is 5.73 Å². The average Bonchev–Trinajstić information content (AvgIpc) is 3.00. The number of hydrogen-bond donors (Lipinski definition) is 2. The van der Waals surface area contributed by atoms with Crippen LogP contribution in [0.4, 0.5) is 5.69 Å². The van der Waals surface area contributed by atoms with Crippen molar-refractivity contribution < 1.29 is 4.79 Å². The van der Waals surface area contributed by atoms with E-state index in [1.165, 1.54) is 0 Å². The van der Waals surface area contributed by atoms with Crippen molar-refractivity contribution in [2.45, 2.75) is 31.7 Å². The van der Waals surface area contributed by atoms with Gasteiger partial charge in [0.1, 0.15) is 0 Å². The molecule has 1 fully saturated rings. The lowest BCUT2D eigenvalue weighted by Crippen LogP contribution is -2.25. The summed E-state index contributed by atoms with van der Waals surface area (Å²) in [6.07, 6.45) is 3.54. The summed E-state index contributed by atoms with van der Waals surface area (Å²) in [4.78, 5) is 11.4. The summed E-state index contributed by atoms with van der Waals surface area (Å²) in [5.74, 6) is 0.140. The van der Waals surface area contributed by atoms with Crippen LogP contribution in [0.3, 0.4) is 0 Å². The Balaban J connectivity index is 1.81. The molecule has 0 radical (unpaired) electrons. The summed E-state index contributed by atoms with van der Waals surface area (Å²) >= 11 is 0. The van der Waals surface area contributed by atoms with Crippen molar-refractivity contribution in [3.63, 3.8) is 0 Å². The number of rotatable bonds is 4. The molecule has 0 atom stereocenters. The molecule has 2 rings (SSSR count). The monoisotopic (exact) mass is 204 g/mol. The summed E-state index contributed by atoms with van der Waals surface area (Å²) in [5.41, 5.74) is 7.62. The second-order valence-electron chi connectivity index (χ2n) is 4.04. The minimum atomic E-state index is 0.140. The Hall–Kier alpha value is -1.51. The highest BCUT2D eigenvalue weighted by Gasteiger charge is 2.22. The minimum absolute atomic E-state index is 0.140. The molecule has 0 aromatic heterocycles. The van der Waals surface area contributed by atoms with Gasteiger partial charge in [0.25, 0.3) is 0 Å². The number of carbonyl (C=O) groups excluding carboxylic acids is 1. The van der Waals surface area contributed by atoms with E-state index in [-0.39, 0.29) is 5.91 Å². The number of nitrogens with one attached hydrogen (secondary N) is 1. The van der Waals surface area contributed by atoms with Crippen molar-refractivity contribution in [1.82, 2.24) is 5.32 Å². The van der Waals surface area contributed by atoms with E-state index in [0.717, 1.165) is 30.5 Å². The maximum Gasteiger partial charge on any atom is 0.220 e. The highest BCUT2D eigenvalue weighted by molar-refractivity contribution is 5.77. The van der Waals surface area contributed by atoms with E-state index in [1.807, 2.05) is 24.3 Å². The van der Waals surface area contributed by atoms with E-state index in [1.54, 1.807) is 0 Å². The molecular weight excluding hydrogens is 188 g/mol. The first-order valence-corrected chi connectivity index (χ1v) is 5.38. The van der Waals surface area contributed by atoms with Gasteiger partial charge in [-0.3, -0.25) is 4.79 Å². The van der Waals surface area contributed by atoms with Gasteiger partial charge in [-0.2, -0.15) is 0 Å². The second-order valence-corrected chi connectivity index (χ2v) is 4.04. The van der Waals surface area contributed by atoms with E-state index in [2.05, 4.69) is 5.32 Å². The number of nitrogens with two attached hydrogens (primary N) is 1. The summed E-state index contributed by atoms with van der Waals surface area (Å²) in [6, 6.07) is 8.15. The van der Waals surface area contributed by atoms with Crippen LogP contribution in [0.1, 0.15) is 24.8 Å². The van der Waals surface area contributed by atoms with E-state index in [9.17, 15) is 4.79 Å². The molecular formula is C12H16N2O. The van der Waals surface area contributed by atoms with Crippen molar-refractivity contribution in [3.8, 4) is 0 Å². The molecule has 3 nitrogen and oxygen atoms in total. The van der Waals surface area contributed by atoms with E-state index in [0.29, 0.717) is 12.5 Å². The fraction of sp³-hybridized carbons (Fsp3) is 0.417. The van der Waals surface area contributed by atoms with Gasteiger partial charge < -0.3 is 11.1 Å². The SMILES string of the molecule is Nc1ccccc1CCC(=O)NC1CC1. The van der Waals surface area contributed by atoms with Gasteiger partial charge in [-0.15, -0.1) is 0 Å². The summed E-state index contributed by atoms with van der Waals surface area (Å²) in [7, 11) is 0. The molecule has 1 aliphatic rings. The van der Waals surface area contributed by atoms with E-state index >= 15 is 0 Å². The number of benzene rings is 1. The first-order valence-electron chi connectivity index (χ1n) is 5.38. The maximum atomic E-state index is 11.4. The highest BCUT2D eigenvalue weighted by Crippen LogP contribution is 2.19. The van der Waals surface area contributed by atoms with Crippen molar-refractivity contribution >= 4 is 11.6 Å². The van der Waals surface area contributed by atoms with Crippen LogP contribution in [-0.4, -0.2) is 11.9 Å². The largest absolute Gasteiger partial charge is 0.399 e. The van der Waals surface area contributed by atoms with Gasteiger partial charge in [0, 0.05) is 18.2 Å². The number of carbonyl (C=O) groups is 1. The zero-order valence-electron chi connectivity index (χ0n) is 8.70. The molecule has 0 spiro atoms. The number of para-hydroxylation sites is 1. The molecule has 1 amide bonds. The van der Waals surface area contributed by atoms with Crippen molar-refractivity contribution in [3.05, 3.63) is 29.8 Å². The van der Waals surface area contributed by atoms with Crippen LogP contribution in [0.25, 0.3) is 0 Å². The second kappa shape index (κ2) is 4.34. The first-order chi connectivity index (χ1) is 7.25. The Morgan fingerprint density at radius 1 is 1.40 bits per heavy atom. The Bertz CT molecular complexity index is 358. The molecule has 1 saturated carbocycles. The van der Waals surface area contributed by atoms with Gasteiger partial charge >= 0.3 is 0 Å². The normalized spacial score (nSPS) is 14.9. The van der Waals surface area contributed by atoms with Crippen LogP contribution >= 0.6 is 0 Å². The number of hydrogen-bond acceptors (Lipinski definition) is 2. The predicted octanol–water partition coefficient (Wildman–Crippen LogP) is 1.48. The minimum Gasteiger partial charge on any atom is -0.399 e. The lowest BCUT2D eigenvalue weighted by Gasteiger charge is -2.05. The topological polar surface area (TPSA) is 55.1 Å². The van der Waals surface area contributed by atoms with Crippen molar-refractivity contribution in [1.29, 1.82) is 0 Å². The summed E-state index contributed by atoms with van der Waals surface area (Å²) < 4.78 is 0. The Morgan fingerprint density at radius 3 is 2.80 bits per heavy atom. The number of amides is 1. The average molecular weight is 204 g/mol. The quantitative estimate of drug-likeness (QED) is 0.730. The first kappa shape index (κ1) is 10.0. The third kappa shape index (κ3) is 2.98. The lowest BCUT2D eigenvalue weighted by molar-refractivity contribution is -0.121. The zero-order chi connectivity index (χ0) is 10.7. The molecule has 1 aromatic rings. The van der Waals surface area contributed by atoms with Crippen LogP contribution in [0.2, 0.25) is 0 Å². The molecule has 15 heavy (non-hydrogen) atoms. The van der Waals surface area contributed by atoms with Gasteiger partial charge in [-0.1, -0.05) is 18.2 Å². The van der Waals surface area contributed by atoms with Gasteiger partial charge in [0.15, 0.2) is 0 Å². The Morgan fingerprint density at radius 2 is 2.13 bits per heavy atom. The van der Waals surface area contributed by atoms with Gasteiger partial charge in [0.2, 0.25) is 5.91 Å². The number of aryl methyl sites for hydroxylation is 1. The number of nitrogen functional groups attached to an aromatic ring is 1. The third-order valence-electron chi connectivity index (χ3n) is 2.62. The van der Waals surface area contributed by atoms with Crippen LogP contribution in [0.15, 0.2) is 24.3 Å². The number of anilines is 1. The molecule has 3 N–H and O–H groups in total. The van der Waals surface area contributed by atoms with Gasteiger partial charge in [-0.25, -0.2) is 0 Å². The molecule has 0 aliphatic heterocycles. The van der Waals surface area contributed by atoms with Gasteiger partial charge in [-0.05, 0) is 30.9 Å². The van der Waals surface area contributed by atoms with Crippen LogP contribution in [0.5, 0.6) is 0 Å². The summed E-state index contributed by atoms with van der Waals surface area (Å²) in [6.45, 7) is 0. The van der Waals surface area contributed by atoms with Gasteiger partial charge in [0.05, 0.1) is 0 Å². The molecule has 0 heterocycles. The van der Waals surface area contributed by atoms with Crippen LogP contribution < -0.4 is 11.1 Å². The molecule has 0 saturated heterocycles. The van der Waals surface area contributed by atoms with E-state index < -0.39 is 0 Å².